The van der Waals surface area contributed by atoms with Crippen molar-refractivity contribution in [2.75, 3.05) is 24.6 Å². The summed E-state index contributed by atoms with van der Waals surface area (Å²) in [7, 11) is 0. The highest BCUT2D eigenvalue weighted by molar-refractivity contribution is 6.33. The number of hydrogen-bond donors (Lipinski definition) is 0. The third kappa shape index (κ3) is 5.99. The Kier molecular flexibility index (Phi) is 8.26. The van der Waals surface area contributed by atoms with E-state index in [1.54, 1.807) is 25.1 Å². The summed E-state index contributed by atoms with van der Waals surface area (Å²) in [5.74, 6) is -0.260. The second-order valence-electron chi connectivity index (χ2n) is 6.04. The van der Waals surface area contributed by atoms with Crippen molar-refractivity contribution in [2.24, 2.45) is 10.2 Å². The zero-order valence-corrected chi connectivity index (χ0v) is 17.3. The van der Waals surface area contributed by atoms with Gasteiger partial charge in [0.15, 0.2) is 0 Å². The largest absolute Gasteiger partial charge is 0.466 e. The van der Waals surface area contributed by atoms with Crippen molar-refractivity contribution in [3.63, 3.8) is 0 Å². The Morgan fingerprint density at radius 3 is 2.53 bits per heavy atom. The maximum absolute atomic E-state index is 11.6. The number of benzene rings is 2. The zero-order valence-electron chi connectivity index (χ0n) is 16.5. The first kappa shape index (κ1) is 22.8. The molecule has 0 unspecified atom stereocenters. The molecule has 2 aromatic carbocycles. The van der Waals surface area contributed by atoms with Crippen LogP contribution >= 0.6 is 11.6 Å². The first-order chi connectivity index (χ1) is 14.4. The maximum atomic E-state index is 11.6. The predicted molar refractivity (Wildman–Crippen MR) is 113 cm³/mol. The number of carbonyl (C=O) groups is 1. The van der Waals surface area contributed by atoms with Gasteiger partial charge in [-0.15, -0.1) is 10.2 Å². The van der Waals surface area contributed by atoms with E-state index in [1.165, 1.54) is 12.1 Å². The van der Waals surface area contributed by atoms with E-state index in [0.717, 1.165) is 11.8 Å². The highest BCUT2D eigenvalue weighted by Gasteiger charge is 2.12. The lowest BCUT2D eigenvalue weighted by Gasteiger charge is -2.23. The average molecular weight is 430 g/mol. The summed E-state index contributed by atoms with van der Waals surface area (Å²) in [6.07, 6.45) is 0.262. The van der Waals surface area contributed by atoms with E-state index in [4.69, 9.17) is 16.3 Å². The van der Waals surface area contributed by atoms with E-state index in [1.807, 2.05) is 17.9 Å². The van der Waals surface area contributed by atoms with Crippen LogP contribution in [0.5, 0.6) is 0 Å². The fraction of sp³-hybridized carbons (Fsp3) is 0.300. The number of hydrogen-bond acceptors (Lipinski definition) is 8. The number of anilines is 1. The number of nitrogens with zero attached hydrogens (tertiary/aromatic N) is 5. The second-order valence-corrected chi connectivity index (χ2v) is 6.45. The van der Waals surface area contributed by atoms with Crippen LogP contribution in [0.25, 0.3) is 0 Å². The predicted octanol–water partition coefficient (Wildman–Crippen LogP) is 5.31. The third-order valence-electron chi connectivity index (χ3n) is 4.15. The molecule has 0 saturated heterocycles. The van der Waals surface area contributed by atoms with Gasteiger partial charge < -0.3 is 9.64 Å². The fourth-order valence-corrected chi connectivity index (χ4v) is 2.84. The fourth-order valence-electron chi connectivity index (χ4n) is 2.62. The molecule has 10 heteroatoms. The Balaban J connectivity index is 2.18. The van der Waals surface area contributed by atoms with E-state index in [9.17, 15) is 20.2 Å². The van der Waals surface area contributed by atoms with Gasteiger partial charge in [-0.2, -0.15) is 5.26 Å². The normalized spacial score (nSPS) is 10.6. The highest BCUT2D eigenvalue weighted by atomic mass is 35.5. The molecule has 30 heavy (non-hydrogen) atoms. The molecule has 9 nitrogen and oxygen atoms in total. The summed E-state index contributed by atoms with van der Waals surface area (Å²) >= 11 is 6.32. The summed E-state index contributed by atoms with van der Waals surface area (Å²) in [5.41, 5.74) is 1.24. The van der Waals surface area contributed by atoms with Crippen LogP contribution < -0.4 is 4.90 Å². The molecule has 2 aromatic rings. The van der Waals surface area contributed by atoms with Crippen LogP contribution in [0.2, 0.25) is 5.02 Å². The Morgan fingerprint density at radius 2 is 1.93 bits per heavy atom. The van der Waals surface area contributed by atoms with Crippen LogP contribution in [0.15, 0.2) is 46.6 Å². The minimum atomic E-state index is -0.585. The van der Waals surface area contributed by atoms with Gasteiger partial charge in [0.1, 0.15) is 17.4 Å². The smallest absolute Gasteiger partial charge is 0.307 e. The van der Waals surface area contributed by atoms with Gasteiger partial charge >= 0.3 is 5.97 Å². The minimum Gasteiger partial charge on any atom is -0.466 e. The first-order valence-electron chi connectivity index (χ1n) is 9.20. The van der Waals surface area contributed by atoms with Crippen molar-refractivity contribution in [1.29, 1.82) is 5.26 Å². The van der Waals surface area contributed by atoms with E-state index >= 15 is 0 Å². The standard InChI is InChI=1S/C20H20ClN5O4/c1-3-25(10-9-20(27)30-4-2)15-5-8-19(17(21)12-15)24-23-18-7-6-16(26(28)29)11-14(18)13-22/h5-8,11-12H,3-4,9-10H2,1-2H3. The van der Waals surface area contributed by atoms with E-state index in [2.05, 4.69) is 10.2 Å². The van der Waals surface area contributed by atoms with Crippen LogP contribution in [-0.2, 0) is 9.53 Å². The lowest BCUT2D eigenvalue weighted by Crippen LogP contribution is -2.26. The van der Waals surface area contributed by atoms with Crippen LogP contribution in [0.1, 0.15) is 25.8 Å². The summed E-state index contributed by atoms with van der Waals surface area (Å²) in [6, 6.07) is 10.8. The molecule has 2 rings (SSSR count). The Hall–Kier alpha value is -3.51. The third-order valence-corrected chi connectivity index (χ3v) is 4.45. The molecule has 0 aliphatic rings. The van der Waals surface area contributed by atoms with Gasteiger partial charge in [0.2, 0.25) is 0 Å². The average Bonchev–Trinajstić information content (AvgIpc) is 2.73. The molecule has 156 valence electrons. The molecule has 0 heterocycles. The molecule has 0 bridgehead atoms. The number of nitro groups is 1. The van der Waals surface area contributed by atoms with Gasteiger partial charge in [0, 0.05) is 30.9 Å². The highest BCUT2D eigenvalue weighted by Crippen LogP contribution is 2.32. The van der Waals surface area contributed by atoms with Crippen molar-refractivity contribution < 1.29 is 14.5 Å². The van der Waals surface area contributed by atoms with Crippen molar-refractivity contribution in [3.8, 4) is 6.07 Å². The van der Waals surface area contributed by atoms with Crippen molar-refractivity contribution in [3.05, 3.63) is 57.1 Å². The number of carbonyl (C=O) groups excluding carboxylic acids is 1. The van der Waals surface area contributed by atoms with Crippen LogP contribution in [0.4, 0.5) is 22.7 Å². The topological polar surface area (TPSA) is 121 Å². The summed E-state index contributed by atoms with van der Waals surface area (Å²) in [4.78, 5) is 23.8. The molecule has 0 aliphatic carbocycles. The monoisotopic (exact) mass is 429 g/mol. The Bertz CT molecular complexity index is 1000. The molecule has 0 N–H and O–H groups in total. The molecule has 0 aliphatic heterocycles. The number of ether oxygens (including phenoxy) is 1. The molecule has 0 fully saturated rings. The lowest BCUT2D eigenvalue weighted by atomic mass is 10.2. The minimum absolute atomic E-state index is 0.0387. The zero-order chi connectivity index (χ0) is 22.1. The Labute approximate surface area is 178 Å². The van der Waals surface area contributed by atoms with Crippen LogP contribution in [0.3, 0.4) is 0 Å². The SMILES string of the molecule is CCOC(=O)CCN(CC)c1ccc(N=Nc2ccc([N+](=O)[O-])cc2C#N)c(Cl)c1. The molecular weight excluding hydrogens is 410 g/mol. The number of halogens is 1. The molecular formula is C20H20ClN5O4. The Morgan fingerprint density at radius 1 is 1.23 bits per heavy atom. The van der Waals surface area contributed by atoms with Crippen LogP contribution in [0, 0.1) is 21.4 Å². The first-order valence-corrected chi connectivity index (χ1v) is 9.57. The van der Waals surface area contributed by atoms with Crippen molar-refractivity contribution in [1.82, 2.24) is 0 Å². The molecule has 0 saturated carbocycles. The quantitative estimate of drug-likeness (QED) is 0.230. The number of non-ortho nitro benzene ring substituents is 1. The summed E-state index contributed by atoms with van der Waals surface area (Å²) in [5, 5.41) is 28.4. The second kappa shape index (κ2) is 10.9. The van der Waals surface area contributed by atoms with Gasteiger partial charge in [-0.1, -0.05) is 11.6 Å². The number of azo groups is 1. The summed E-state index contributed by atoms with van der Waals surface area (Å²) < 4.78 is 4.95. The molecule has 0 amide bonds. The van der Waals surface area contributed by atoms with Gasteiger partial charge in [0.05, 0.1) is 28.5 Å². The van der Waals surface area contributed by atoms with E-state index in [0.29, 0.717) is 30.4 Å². The number of nitro benzene ring substituents is 1. The van der Waals surface area contributed by atoms with E-state index in [-0.39, 0.29) is 29.3 Å². The lowest BCUT2D eigenvalue weighted by molar-refractivity contribution is -0.384. The van der Waals surface area contributed by atoms with Gasteiger partial charge in [-0.25, -0.2) is 0 Å². The maximum Gasteiger partial charge on any atom is 0.307 e. The molecule has 0 spiro atoms. The molecule has 0 atom stereocenters. The van der Waals surface area contributed by atoms with Crippen molar-refractivity contribution in [2.45, 2.75) is 20.3 Å². The molecule has 0 radical (unpaired) electrons. The summed E-state index contributed by atoms with van der Waals surface area (Å²) in [6.45, 7) is 5.23. The van der Waals surface area contributed by atoms with Gasteiger partial charge in [-0.3, -0.25) is 14.9 Å². The van der Waals surface area contributed by atoms with Crippen LogP contribution in [-0.4, -0.2) is 30.6 Å². The van der Waals surface area contributed by atoms with Crippen molar-refractivity contribution >= 4 is 40.3 Å². The van der Waals surface area contributed by atoms with Gasteiger partial charge in [-0.05, 0) is 38.1 Å². The number of nitriles is 1. The number of rotatable bonds is 9. The number of esters is 1. The van der Waals surface area contributed by atoms with E-state index < -0.39 is 4.92 Å². The molecule has 0 aromatic heterocycles. The van der Waals surface area contributed by atoms with Gasteiger partial charge in [0.25, 0.3) is 5.69 Å².